The number of benzene rings is 1. The summed E-state index contributed by atoms with van der Waals surface area (Å²) in [5.74, 6) is 0.647. The number of ether oxygens (including phenoxy) is 3. The summed E-state index contributed by atoms with van der Waals surface area (Å²) in [4.78, 5) is 29.7. The van der Waals surface area contributed by atoms with Crippen molar-refractivity contribution >= 4 is 11.8 Å². The zero-order valence-corrected chi connectivity index (χ0v) is 27.2. The van der Waals surface area contributed by atoms with Gasteiger partial charge in [0.05, 0.1) is 12.2 Å². The first-order valence-corrected chi connectivity index (χ1v) is 16.0. The Hall–Kier alpha value is -2.20. The third kappa shape index (κ3) is 12.2. The van der Waals surface area contributed by atoms with E-state index in [0.717, 1.165) is 36.8 Å². The van der Waals surface area contributed by atoms with Gasteiger partial charge in [-0.15, -0.1) is 0 Å². The fourth-order valence-electron chi connectivity index (χ4n) is 5.19. The van der Waals surface area contributed by atoms with Crippen LogP contribution in [0.1, 0.15) is 85.3 Å². The van der Waals surface area contributed by atoms with Gasteiger partial charge in [0.2, 0.25) is 11.8 Å². The molecule has 42 heavy (non-hydrogen) atoms. The number of β-amino-alcohol motifs (C(OH)–C–C–N with tert-alkyl or cyclic N) is 1. The van der Waals surface area contributed by atoms with Gasteiger partial charge in [-0.05, 0) is 58.1 Å². The highest BCUT2D eigenvalue weighted by atomic mass is 16.5. The van der Waals surface area contributed by atoms with E-state index in [0.29, 0.717) is 51.3 Å². The number of hydrogen-bond acceptors (Lipinski definition) is 7. The van der Waals surface area contributed by atoms with Crippen LogP contribution >= 0.6 is 0 Å². The summed E-state index contributed by atoms with van der Waals surface area (Å²) in [7, 11) is 0. The van der Waals surface area contributed by atoms with Gasteiger partial charge in [-0.1, -0.05) is 39.8 Å². The Morgan fingerprint density at radius 1 is 0.881 bits per heavy atom. The van der Waals surface area contributed by atoms with E-state index >= 15 is 0 Å². The molecule has 9 nitrogen and oxygen atoms in total. The van der Waals surface area contributed by atoms with Gasteiger partial charge in [-0.25, -0.2) is 0 Å². The minimum atomic E-state index is -0.660. The van der Waals surface area contributed by atoms with Crippen LogP contribution in [0.2, 0.25) is 0 Å². The molecule has 0 aliphatic heterocycles. The molecule has 0 fully saturated rings. The van der Waals surface area contributed by atoms with E-state index in [1.807, 2.05) is 28.0 Å². The van der Waals surface area contributed by atoms with Crippen LogP contribution in [-0.2, 0) is 31.9 Å². The van der Waals surface area contributed by atoms with Gasteiger partial charge in [0, 0.05) is 56.7 Å². The number of fused-ring (bicyclic) bond motifs is 1. The van der Waals surface area contributed by atoms with Crippen LogP contribution < -0.4 is 10.1 Å². The van der Waals surface area contributed by atoms with Crippen molar-refractivity contribution in [2.45, 2.75) is 111 Å². The lowest BCUT2D eigenvalue weighted by Crippen LogP contribution is -2.44. The molecule has 2 rings (SSSR count). The minimum absolute atomic E-state index is 0.0191. The summed E-state index contributed by atoms with van der Waals surface area (Å²) < 4.78 is 18.6. The van der Waals surface area contributed by atoms with E-state index < -0.39 is 12.2 Å². The average molecular weight is 592 g/mol. The molecule has 0 aromatic heterocycles. The summed E-state index contributed by atoms with van der Waals surface area (Å²) in [6.07, 6.45) is 3.15. The molecule has 2 amide bonds. The second-order valence-corrected chi connectivity index (χ2v) is 12.4. The second kappa shape index (κ2) is 18.5. The third-order valence-corrected chi connectivity index (χ3v) is 7.29. The van der Waals surface area contributed by atoms with Gasteiger partial charge in [-0.2, -0.15) is 0 Å². The molecule has 9 heteroatoms. The normalized spacial score (nSPS) is 17.4. The number of aliphatic hydroxyl groups is 1. The summed E-state index contributed by atoms with van der Waals surface area (Å²) in [5.41, 5.74) is 1.96. The van der Waals surface area contributed by atoms with Crippen molar-refractivity contribution in [1.82, 2.24) is 15.1 Å². The van der Waals surface area contributed by atoms with E-state index in [-0.39, 0.29) is 43.3 Å². The smallest absolute Gasteiger partial charge is 0.248 e. The number of aliphatic hydroxyl groups excluding tert-OH is 1. The van der Waals surface area contributed by atoms with Gasteiger partial charge in [0.1, 0.15) is 31.7 Å². The standard InChI is InChI=1S/C33H57N3O6/c1-8-15-35(16-9-2)31(38)23-41-29-19-25-13-12-14-28(40-22-26(37)21-34-33(5,6)7)27(25)20-30(29)42-24-32(39)36(17-10-3)18-11-4/h12-14,26,29-30,34,37H,8-11,15-24H2,1-7H3/t26-,29-,30+/m1/s1. The van der Waals surface area contributed by atoms with Crippen molar-refractivity contribution in [3.8, 4) is 5.75 Å². The molecule has 0 bridgehead atoms. The zero-order chi connectivity index (χ0) is 31.1. The van der Waals surface area contributed by atoms with Crippen molar-refractivity contribution in [1.29, 1.82) is 0 Å². The summed E-state index contributed by atoms with van der Waals surface area (Å²) in [6.45, 7) is 17.8. The van der Waals surface area contributed by atoms with Gasteiger partial charge in [0.15, 0.2) is 0 Å². The summed E-state index contributed by atoms with van der Waals surface area (Å²) in [5, 5.41) is 13.8. The van der Waals surface area contributed by atoms with Crippen molar-refractivity contribution in [3.05, 3.63) is 29.3 Å². The first kappa shape index (κ1) is 36.0. The number of carbonyl (C=O) groups is 2. The van der Waals surface area contributed by atoms with Gasteiger partial charge >= 0.3 is 0 Å². The van der Waals surface area contributed by atoms with Crippen molar-refractivity contribution in [2.75, 3.05) is 52.5 Å². The number of amides is 2. The van der Waals surface area contributed by atoms with E-state index in [1.54, 1.807) is 0 Å². The van der Waals surface area contributed by atoms with Crippen LogP contribution in [0.4, 0.5) is 0 Å². The Bertz CT molecular complexity index is 938. The molecule has 3 atom stereocenters. The first-order valence-electron chi connectivity index (χ1n) is 16.0. The average Bonchev–Trinajstić information content (AvgIpc) is 2.95. The Morgan fingerprint density at radius 3 is 1.86 bits per heavy atom. The highest BCUT2D eigenvalue weighted by Crippen LogP contribution is 2.32. The quantitative estimate of drug-likeness (QED) is 0.251. The Balaban J connectivity index is 2.19. The monoisotopic (exact) mass is 591 g/mol. The molecular weight excluding hydrogens is 534 g/mol. The maximum absolute atomic E-state index is 13.0. The maximum Gasteiger partial charge on any atom is 0.248 e. The second-order valence-electron chi connectivity index (χ2n) is 12.4. The van der Waals surface area contributed by atoms with Gasteiger partial charge in [-0.3, -0.25) is 9.59 Å². The van der Waals surface area contributed by atoms with Crippen LogP contribution in [-0.4, -0.2) is 103 Å². The van der Waals surface area contributed by atoms with Crippen LogP contribution in [0.25, 0.3) is 0 Å². The van der Waals surface area contributed by atoms with Crippen molar-refractivity contribution in [2.24, 2.45) is 0 Å². The molecule has 0 radical (unpaired) electrons. The number of rotatable bonds is 19. The maximum atomic E-state index is 13.0. The fourth-order valence-corrected chi connectivity index (χ4v) is 5.19. The van der Waals surface area contributed by atoms with Crippen LogP contribution in [0.3, 0.4) is 0 Å². The van der Waals surface area contributed by atoms with E-state index in [9.17, 15) is 14.7 Å². The van der Waals surface area contributed by atoms with Crippen molar-refractivity contribution in [3.63, 3.8) is 0 Å². The third-order valence-electron chi connectivity index (χ3n) is 7.29. The largest absolute Gasteiger partial charge is 0.491 e. The Morgan fingerprint density at radius 2 is 1.38 bits per heavy atom. The predicted molar refractivity (Wildman–Crippen MR) is 167 cm³/mol. The minimum Gasteiger partial charge on any atom is -0.491 e. The lowest BCUT2D eigenvalue weighted by atomic mass is 9.87. The Labute approximate surface area is 254 Å². The van der Waals surface area contributed by atoms with Crippen LogP contribution in [0.15, 0.2) is 18.2 Å². The molecule has 2 N–H and O–H groups in total. The van der Waals surface area contributed by atoms with Gasteiger partial charge in [0.25, 0.3) is 0 Å². The molecule has 0 unspecified atom stereocenters. The fraction of sp³-hybridized carbons (Fsp3) is 0.758. The number of carbonyl (C=O) groups excluding carboxylic acids is 2. The lowest BCUT2D eigenvalue weighted by Gasteiger charge is -2.34. The predicted octanol–water partition coefficient (Wildman–Crippen LogP) is 3.98. The molecular formula is C33H57N3O6. The van der Waals surface area contributed by atoms with E-state index in [2.05, 4.69) is 53.8 Å². The molecule has 1 aromatic rings. The molecule has 1 aromatic carbocycles. The van der Waals surface area contributed by atoms with Gasteiger partial charge < -0.3 is 34.4 Å². The number of nitrogens with one attached hydrogen (secondary N) is 1. The van der Waals surface area contributed by atoms with E-state index in [1.165, 1.54) is 0 Å². The SMILES string of the molecule is CCCN(CCC)C(=O)CO[C@H]1Cc2c(cccc2OC[C@H](O)CNC(C)(C)C)C[C@H]1OCC(=O)N(CCC)CCC. The molecule has 0 saturated carbocycles. The van der Waals surface area contributed by atoms with Crippen LogP contribution in [0, 0.1) is 0 Å². The molecule has 0 spiro atoms. The summed E-state index contributed by atoms with van der Waals surface area (Å²) in [6, 6.07) is 5.90. The molecule has 1 aliphatic carbocycles. The molecule has 1 aliphatic rings. The molecule has 0 saturated heterocycles. The first-order chi connectivity index (χ1) is 20.0. The number of hydrogen-bond donors (Lipinski definition) is 2. The lowest BCUT2D eigenvalue weighted by molar-refractivity contribution is -0.149. The Kier molecular flexibility index (Phi) is 15.8. The zero-order valence-electron chi connectivity index (χ0n) is 27.2. The number of nitrogens with zero attached hydrogens (tertiary/aromatic N) is 2. The van der Waals surface area contributed by atoms with E-state index in [4.69, 9.17) is 14.2 Å². The highest BCUT2D eigenvalue weighted by molar-refractivity contribution is 5.78. The van der Waals surface area contributed by atoms with Crippen molar-refractivity contribution < 1.29 is 28.9 Å². The topological polar surface area (TPSA) is 101 Å². The molecule has 240 valence electrons. The summed E-state index contributed by atoms with van der Waals surface area (Å²) >= 11 is 0. The molecule has 0 heterocycles. The van der Waals surface area contributed by atoms with Crippen LogP contribution in [0.5, 0.6) is 5.75 Å². The highest BCUT2D eigenvalue weighted by Gasteiger charge is 2.33.